The van der Waals surface area contributed by atoms with Gasteiger partial charge in [0.1, 0.15) is 5.75 Å². The van der Waals surface area contributed by atoms with Gasteiger partial charge in [-0.1, -0.05) is 36.4 Å². The standard InChI is InChI=1S/C31H38N4O3/c1-3-38-29-14-12-26(13-15-29)21-31(37)34-19-7-17-33(23-27-9-6-16-32-22-27)18-8-20-35(25(2)36)30-11-5-4-10-28(30)24-34/h4-6,9-16,22H,3,7-8,17-21,23-24H2,1-2H3. The molecular weight excluding hydrogens is 476 g/mol. The zero-order valence-corrected chi connectivity index (χ0v) is 22.5. The van der Waals surface area contributed by atoms with Crippen LogP contribution in [0.4, 0.5) is 5.69 Å². The fraction of sp³-hybridized carbons (Fsp3) is 0.387. The number of benzene rings is 2. The van der Waals surface area contributed by atoms with Crippen LogP contribution in [0.2, 0.25) is 0 Å². The second-order valence-electron chi connectivity index (χ2n) is 9.71. The maximum absolute atomic E-state index is 13.6. The molecule has 7 heteroatoms. The van der Waals surface area contributed by atoms with Crippen molar-refractivity contribution >= 4 is 17.5 Å². The lowest BCUT2D eigenvalue weighted by atomic mass is 10.1. The summed E-state index contributed by atoms with van der Waals surface area (Å²) in [5, 5.41) is 0. The predicted octanol–water partition coefficient (Wildman–Crippen LogP) is 4.70. The van der Waals surface area contributed by atoms with Crippen LogP contribution in [0.5, 0.6) is 5.75 Å². The van der Waals surface area contributed by atoms with Gasteiger partial charge in [0.15, 0.2) is 0 Å². The highest BCUT2D eigenvalue weighted by molar-refractivity contribution is 5.92. The number of aromatic nitrogens is 1. The average Bonchev–Trinajstić information content (AvgIpc) is 2.91. The van der Waals surface area contributed by atoms with Crippen LogP contribution in [-0.4, -0.2) is 59.4 Å². The summed E-state index contributed by atoms with van der Waals surface area (Å²) in [4.78, 5) is 36.7. The highest BCUT2D eigenvalue weighted by Gasteiger charge is 2.21. The van der Waals surface area contributed by atoms with Gasteiger partial charge >= 0.3 is 0 Å². The zero-order valence-electron chi connectivity index (χ0n) is 22.5. The highest BCUT2D eigenvalue weighted by atomic mass is 16.5. The van der Waals surface area contributed by atoms with E-state index in [2.05, 4.69) is 16.0 Å². The van der Waals surface area contributed by atoms with Crippen molar-refractivity contribution in [3.05, 3.63) is 89.7 Å². The van der Waals surface area contributed by atoms with Crippen molar-refractivity contribution in [1.82, 2.24) is 14.8 Å². The van der Waals surface area contributed by atoms with Gasteiger partial charge in [-0.2, -0.15) is 0 Å². The van der Waals surface area contributed by atoms with Crippen molar-refractivity contribution in [3.8, 4) is 5.75 Å². The Morgan fingerprint density at radius 1 is 0.895 bits per heavy atom. The van der Waals surface area contributed by atoms with Gasteiger partial charge in [-0.05, 0) is 60.7 Å². The summed E-state index contributed by atoms with van der Waals surface area (Å²) in [7, 11) is 0. The van der Waals surface area contributed by atoms with Crippen LogP contribution in [0.1, 0.15) is 43.4 Å². The minimum atomic E-state index is 0.0144. The summed E-state index contributed by atoms with van der Waals surface area (Å²) in [6, 6.07) is 19.8. The lowest BCUT2D eigenvalue weighted by Gasteiger charge is -2.31. The Morgan fingerprint density at radius 3 is 2.37 bits per heavy atom. The molecule has 0 aliphatic carbocycles. The van der Waals surface area contributed by atoms with Crippen molar-refractivity contribution in [2.75, 3.05) is 37.7 Å². The third-order valence-electron chi connectivity index (χ3n) is 6.85. The molecule has 0 unspecified atom stereocenters. The van der Waals surface area contributed by atoms with Gasteiger partial charge in [0.05, 0.1) is 13.0 Å². The molecular formula is C31H38N4O3. The summed E-state index contributed by atoms with van der Waals surface area (Å²) in [5.74, 6) is 0.900. The maximum atomic E-state index is 13.6. The molecule has 2 aromatic carbocycles. The van der Waals surface area contributed by atoms with E-state index in [-0.39, 0.29) is 11.8 Å². The van der Waals surface area contributed by atoms with Crippen LogP contribution < -0.4 is 9.64 Å². The van der Waals surface area contributed by atoms with Crippen LogP contribution in [-0.2, 0) is 29.1 Å². The second-order valence-corrected chi connectivity index (χ2v) is 9.71. The highest BCUT2D eigenvalue weighted by Crippen LogP contribution is 2.24. The second kappa shape index (κ2) is 13.7. The van der Waals surface area contributed by atoms with Crippen molar-refractivity contribution in [1.29, 1.82) is 0 Å². The number of fused-ring (bicyclic) bond motifs is 1. The molecule has 0 saturated carbocycles. The van der Waals surface area contributed by atoms with Crippen molar-refractivity contribution in [2.24, 2.45) is 0 Å². The monoisotopic (exact) mass is 514 g/mol. The van der Waals surface area contributed by atoms with Crippen LogP contribution in [0.15, 0.2) is 73.1 Å². The molecule has 0 spiro atoms. The number of hydrogen-bond donors (Lipinski definition) is 0. The zero-order chi connectivity index (χ0) is 26.7. The minimum Gasteiger partial charge on any atom is -0.494 e. The number of pyridine rings is 1. The summed E-state index contributed by atoms with van der Waals surface area (Å²) < 4.78 is 5.55. The molecule has 0 N–H and O–H groups in total. The Balaban J connectivity index is 1.56. The number of ether oxygens (including phenoxy) is 1. The number of anilines is 1. The third kappa shape index (κ3) is 7.65. The maximum Gasteiger partial charge on any atom is 0.227 e. The lowest BCUT2D eigenvalue weighted by molar-refractivity contribution is -0.131. The van der Waals surface area contributed by atoms with Gasteiger partial charge < -0.3 is 14.5 Å². The number of rotatable bonds is 6. The van der Waals surface area contributed by atoms with E-state index < -0.39 is 0 Å². The molecule has 0 atom stereocenters. The molecule has 38 heavy (non-hydrogen) atoms. The summed E-state index contributed by atoms with van der Waals surface area (Å²) in [5.41, 5.74) is 4.01. The van der Waals surface area contributed by atoms with Gasteiger partial charge in [0.2, 0.25) is 11.8 Å². The summed E-state index contributed by atoms with van der Waals surface area (Å²) >= 11 is 0. The molecule has 200 valence electrons. The first-order valence-corrected chi connectivity index (χ1v) is 13.5. The number of hydrogen-bond acceptors (Lipinski definition) is 5. The van der Waals surface area contributed by atoms with Crippen LogP contribution >= 0.6 is 0 Å². The number of carbonyl (C=O) groups is 2. The smallest absolute Gasteiger partial charge is 0.227 e. The Kier molecular flexibility index (Phi) is 9.87. The molecule has 3 aromatic rings. The first-order valence-electron chi connectivity index (χ1n) is 13.5. The number of amides is 2. The van der Waals surface area contributed by atoms with Crippen molar-refractivity contribution in [2.45, 2.75) is 46.2 Å². The van der Waals surface area contributed by atoms with Gasteiger partial charge in [-0.3, -0.25) is 19.5 Å². The molecule has 1 aliphatic heterocycles. The van der Waals surface area contributed by atoms with E-state index in [1.165, 1.54) is 0 Å². The first kappa shape index (κ1) is 27.3. The molecule has 0 fully saturated rings. The Morgan fingerprint density at radius 2 is 1.66 bits per heavy atom. The summed E-state index contributed by atoms with van der Waals surface area (Å²) in [6.45, 7) is 8.46. The molecule has 7 nitrogen and oxygen atoms in total. The fourth-order valence-corrected chi connectivity index (χ4v) is 4.97. The minimum absolute atomic E-state index is 0.0144. The average molecular weight is 515 g/mol. The van der Waals surface area contributed by atoms with Gasteiger partial charge in [-0.25, -0.2) is 0 Å². The third-order valence-corrected chi connectivity index (χ3v) is 6.85. The predicted molar refractivity (Wildman–Crippen MR) is 150 cm³/mol. The number of nitrogens with zero attached hydrogens (tertiary/aromatic N) is 4. The molecule has 0 radical (unpaired) electrons. The molecule has 1 aromatic heterocycles. The van der Waals surface area contributed by atoms with E-state index in [4.69, 9.17) is 4.74 Å². The Hall–Kier alpha value is -3.71. The van der Waals surface area contributed by atoms with E-state index in [1.54, 1.807) is 13.1 Å². The normalized spacial score (nSPS) is 15.2. The van der Waals surface area contributed by atoms with Crippen LogP contribution in [0.25, 0.3) is 0 Å². The molecule has 1 aliphatic rings. The SMILES string of the molecule is CCOc1ccc(CC(=O)N2CCCN(Cc3cccnc3)CCCN(C(C)=O)c3ccccc3C2)cc1. The van der Waals surface area contributed by atoms with E-state index in [9.17, 15) is 9.59 Å². The topological polar surface area (TPSA) is 66.0 Å². The summed E-state index contributed by atoms with van der Waals surface area (Å²) in [6.07, 6.45) is 5.75. The van der Waals surface area contributed by atoms with Crippen molar-refractivity contribution < 1.29 is 14.3 Å². The largest absolute Gasteiger partial charge is 0.494 e. The van der Waals surface area contributed by atoms with Crippen molar-refractivity contribution in [3.63, 3.8) is 0 Å². The quantitative estimate of drug-likeness (QED) is 0.477. The molecule has 2 amide bonds. The Bertz CT molecular complexity index is 1180. The van der Waals surface area contributed by atoms with E-state index >= 15 is 0 Å². The van der Waals surface area contributed by atoms with Crippen LogP contribution in [0, 0.1) is 0 Å². The number of para-hydroxylation sites is 1. The Labute approximate surface area is 226 Å². The van der Waals surface area contributed by atoms with E-state index in [0.29, 0.717) is 32.7 Å². The van der Waals surface area contributed by atoms with Crippen LogP contribution in [0.3, 0.4) is 0 Å². The number of carbonyl (C=O) groups excluding carboxylic acids is 2. The first-order chi connectivity index (χ1) is 18.5. The van der Waals surface area contributed by atoms with Gasteiger partial charge in [0.25, 0.3) is 0 Å². The molecule has 4 rings (SSSR count). The van der Waals surface area contributed by atoms with E-state index in [0.717, 1.165) is 60.6 Å². The van der Waals surface area contributed by atoms with Gasteiger partial charge in [0, 0.05) is 64.3 Å². The van der Waals surface area contributed by atoms with E-state index in [1.807, 2.05) is 77.5 Å². The molecule has 0 bridgehead atoms. The molecule has 0 saturated heterocycles. The molecule has 2 heterocycles. The van der Waals surface area contributed by atoms with Gasteiger partial charge in [-0.15, -0.1) is 0 Å². The fourth-order valence-electron chi connectivity index (χ4n) is 4.97. The lowest BCUT2D eigenvalue weighted by Crippen LogP contribution is -2.38.